The Kier molecular flexibility index (Phi) is 4.95. The number of hydrogen-bond donors (Lipinski definition) is 2. The number of nitrogens with one attached hydrogen (secondary N) is 1. The molecule has 0 saturated heterocycles. The van der Waals surface area contributed by atoms with Crippen LogP contribution < -0.4 is 5.32 Å². The molecule has 1 atom stereocenters. The number of carbonyl (C=O) groups excluding carboxylic acids is 2. The molecular weight excluding hydrogens is 296 g/mol. The lowest BCUT2D eigenvalue weighted by Gasteiger charge is -2.13. The average Bonchev–Trinajstić information content (AvgIpc) is 2.55. The van der Waals surface area contributed by atoms with Gasteiger partial charge in [0.15, 0.2) is 6.10 Å². The molecule has 0 fully saturated rings. The third-order valence-electron chi connectivity index (χ3n) is 3.02. The Labute approximate surface area is 132 Å². The van der Waals surface area contributed by atoms with Crippen molar-refractivity contribution in [1.29, 1.82) is 5.26 Å². The van der Waals surface area contributed by atoms with E-state index in [1.54, 1.807) is 18.2 Å². The fourth-order valence-corrected chi connectivity index (χ4v) is 1.79. The quantitative estimate of drug-likeness (QED) is 0.845. The molecule has 1 amide bonds. The van der Waals surface area contributed by atoms with E-state index in [0.29, 0.717) is 11.3 Å². The van der Waals surface area contributed by atoms with Crippen LogP contribution in [-0.2, 0) is 9.53 Å². The zero-order valence-corrected chi connectivity index (χ0v) is 12.3. The van der Waals surface area contributed by atoms with Crippen LogP contribution >= 0.6 is 0 Å². The number of carbonyl (C=O) groups is 2. The number of nitrogens with zero attached hydrogens (tertiary/aromatic N) is 1. The Bertz CT molecular complexity index is 763. The molecule has 6 nitrogen and oxygen atoms in total. The topological polar surface area (TPSA) is 99.4 Å². The second kappa shape index (κ2) is 7.09. The molecule has 6 heteroatoms. The van der Waals surface area contributed by atoms with Crippen molar-refractivity contribution in [2.24, 2.45) is 0 Å². The van der Waals surface area contributed by atoms with Crippen LogP contribution in [0.15, 0.2) is 48.5 Å². The lowest BCUT2D eigenvalue weighted by atomic mass is 10.2. The molecule has 0 bridgehead atoms. The van der Waals surface area contributed by atoms with Crippen LogP contribution in [0.25, 0.3) is 0 Å². The molecule has 1 unspecified atom stereocenters. The Morgan fingerprint density at radius 3 is 2.57 bits per heavy atom. The fraction of sp³-hybridized carbons (Fsp3) is 0.118. The summed E-state index contributed by atoms with van der Waals surface area (Å²) in [5, 5.41) is 20.6. The van der Waals surface area contributed by atoms with Crippen molar-refractivity contribution in [3.05, 3.63) is 59.7 Å². The molecule has 0 aliphatic carbocycles. The lowest BCUT2D eigenvalue weighted by Crippen LogP contribution is -2.30. The summed E-state index contributed by atoms with van der Waals surface area (Å²) in [4.78, 5) is 23.9. The van der Waals surface area contributed by atoms with Gasteiger partial charge >= 0.3 is 5.97 Å². The normalized spacial score (nSPS) is 11.1. The highest BCUT2D eigenvalue weighted by atomic mass is 16.5. The number of rotatable bonds is 4. The summed E-state index contributed by atoms with van der Waals surface area (Å²) in [6.45, 7) is 1.45. The van der Waals surface area contributed by atoms with Crippen molar-refractivity contribution in [3.63, 3.8) is 0 Å². The molecule has 0 aliphatic rings. The maximum Gasteiger partial charge on any atom is 0.338 e. The fourth-order valence-electron chi connectivity index (χ4n) is 1.79. The first-order valence-corrected chi connectivity index (χ1v) is 6.80. The number of anilines is 1. The van der Waals surface area contributed by atoms with Crippen LogP contribution in [0.4, 0.5) is 5.69 Å². The summed E-state index contributed by atoms with van der Waals surface area (Å²) < 4.78 is 5.07. The van der Waals surface area contributed by atoms with E-state index in [1.807, 2.05) is 6.07 Å². The SMILES string of the molecule is CC(OC(=O)c1ccc(O)cc1)C(=O)Nc1cccc(C#N)c1. The number of esters is 1. The number of nitriles is 1. The van der Waals surface area contributed by atoms with Crippen LogP contribution in [0, 0.1) is 11.3 Å². The Balaban J connectivity index is 1.98. The molecule has 2 aromatic rings. The minimum Gasteiger partial charge on any atom is -0.508 e. The van der Waals surface area contributed by atoms with Crippen molar-refractivity contribution in [2.45, 2.75) is 13.0 Å². The Hall–Kier alpha value is -3.33. The summed E-state index contributed by atoms with van der Waals surface area (Å²) >= 11 is 0. The molecule has 0 heterocycles. The van der Waals surface area contributed by atoms with E-state index in [1.165, 1.54) is 37.3 Å². The standard InChI is InChI=1S/C17H14N2O4/c1-11(23-17(22)13-5-7-15(20)8-6-13)16(21)19-14-4-2-3-12(9-14)10-18/h2-9,11,20H,1H3,(H,19,21). The maximum atomic E-state index is 12.0. The van der Waals surface area contributed by atoms with Gasteiger partial charge in [-0.25, -0.2) is 4.79 Å². The van der Waals surface area contributed by atoms with Crippen LogP contribution in [0.5, 0.6) is 5.75 Å². The lowest BCUT2D eigenvalue weighted by molar-refractivity contribution is -0.123. The molecule has 0 spiro atoms. The number of aromatic hydroxyl groups is 1. The van der Waals surface area contributed by atoms with Crippen molar-refractivity contribution < 1.29 is 19.4 Å². The third-order valence-corrected chi connectivity index (χ3v) is 3.02. The van der Waals surface area contributed by atoms with E-state index in [4.69, 9.17) is 10.00 Å². The highest BCUT2D eigenvalue weighted by Crippen LogP contribution is 2.13. The third kappa shape index (κ3) is 4.32. The highest BCUT2D eigenvalue weighted by Gasteiger charge is 2.19. The number of phenols is 1. The zero-order valence-electron chi connectivity index (χ0n) is 12.3. The molecule has 0 aromatic heterocycles. The van der Waals surface area contributed by atoms with E-state index in [-0.39, 0.29) is 11.3 Å². The number of ether oxygens (including phenoxy) is 1. The number of benzene rings is 2. The summed E-state index contributed by atoms with van der Waals surface area (Å²) in [7, 11) is 0. The molecule has 0 aliphatic heterocycles. The summed E-state index contributed by atoms with van der Waals surface area (Å²) in [6.07, 6.45) is -1.01. The van der Waals surface area contributed by atoms with E-state index >= 15 is 0 Å². The second-order valence-electron chi connectivity index (χ2n) is 4.78. The zero-order chi connectivity index (χ0) is 16.8. The molecule has 0 radical (unpaired) electrons. The van der Waals surface area contributed by atoms with E-state index < -0.39 is 18.0 Å². The number of amides is 1. The molecular formula is C17H14N2O4. The Morgan fingerprint density at radius 2 is 1.91 bits per heavy atom. The van der Waals surface area contributed by atoms with Gasteiger partial charge in [0.1, 0.15) is 5.75 Å². The van der Waals surface area contributed by atoms with Gasteiger partial charge in [-0.05, 0) is 49.4 Å². The van der Waals surface area contributed by atoms with Gasteiger partial charge < -0.3 is 15.2 Å². The molecule has 2 aromatic carbocycles. The van der Waals surface area contributed by atoms with Gasteiger partial charge in [-0.3, -0.25) is 4.79 Å². The Morgan fingerprint density at radius 1 is 1.22 bits per heavy atom. The van der Waals surface area contributed by atoms with Crippen LogP contribution in [0.3, 0.4) is 0 Å². The summed E-state index contributed by atoms with van der Waals surface area (Å²) in [6, 6.07) is 13.9. The first-order valence-electron chi connectivity index (χ1n) is 6.80. The predicted octanol–water partition coefficient (Wildman–Crippen LogP) is 2.45. The number of hydrogen-bond acceptors (Lipinski definition) is 5. The van der Waals surface area contributed by atoms with Gasteiger partial charge in [-0.15, -0.1) is 0 Å². The van der Waals surface area contributed by atoms with Crippen molar-refractivity contribution >= 4 is 17.6 Å². The first kappa shape index (κ1) is 16.0. The van der Waals surface area contributed by atoms with Crippen molar-refractivity contribution in [3.8, 4) is 11.8 Å². The van der Waals surface area contributed by atoms with Gasteiger partial charge in [-0.1, -0.05) is 6.07 Å². The van der Waals surface area contributed by atoms with E-state index in [0.717, 1.165) is 0 Å². The largest absolute Gasteiger partial charge is 0.508 e. The smallest absolute Gasteiger partial charge is 0.338 e. The van der Waals surface area contributed by atoms with Crippen LogP contribution in [0.2, 0.25) is 0 Å². The maximum absolute atomic E-state index is 12.0. The number of phenolic OH excluding ortho intramolecular Hbond substituents is 1. The monoisotopic (exact) mass is 310 g/mol. The van der Waals surface area contributed by atoms with Crippen molar-refractivity contribution in [2.75, 3.05) is 5.32 Å². The summed E-state index contributed by atoms with van der Waals surface area (Å²) in [5.74, 6) is -1.14. The van der Waals surface area contributed by atoms with Gasteiger partial charge in [0.25, 0.3) is 5.91 Å². The van der Waals surface area contributed by atoms with Crippen LogP contribution in [-0.4, -0.2) is 23.1 Å². The van der Waals surface area contributed by atoms with E-state index in [9.17, 15) is 14.7 Å². The van der Waals surface area contributed by atoms with Crippen LogP contribution in [0.1, 0.15) is 22.8 Å². The average molecular weight is 310 g/mol. The van der Waals surface area contributed by atoms with Crippen molar-refractivity contribution in [1.82, 2.24) is 0 Å². The molecule has 2 rings (SSSR count). The molecule has 116 valence electrons. The molecule has 2 N–H and O–H groups in total. The minimum atomic E-state index is -1.01. The second-order valence-corrected chi connectivity index (χ2v) is 4.78. The predicted molar refractivity (Wildman–Crippen MR) is 82.8 cm³/mol. The van der Waals surface area contributed by atoms with Gasteiger partial charge in [0.2, 0.25) is 0 Å². The summed E-state index contributed by atoms with van der Waals surface area (Å²) in [5.41, 5.74) is 1.09. The first-order chi connectivity index (χ1) is 11.0. The highest BCUT2D eigenvalue weighted by molar-refractivity contribution is 5.97. The molecule has 23 heavy (non-hydrogen) atoms. The minimum absolute atomic E-state index is 0.0321. The van der Waals surface area contributed by atoms with Gasteiger partial charge in [0.05, 0.1) is 17.2 Å². The van der Waals surface area contributed by atoms with Gasteiger partial charge in [-0.2, -0.15) is 5.26 Å². The van der Waals surface area contributed by atoms with Gasteiger partial charge in [0, 0.05) is 5.69 Å². The molecule has 0 saturated carbocycles. The van der Waals surface area contributed by atoms with E-state index in [2.05, 4.69) is 5.32 Å².